The van der Waals surface area contributed by atoms with Gasteiger partial charge in [0, 0.05) is 29.6 Å². The summed E-state index contributed by atoms with van der Waals surface area (Å²) in [5.74, 6) is 1.40. The van der Waals surface area contributed by atoms with E-state index in [1.165, 1.54) is 11.3 Å². The summed E-state index contributed by atoms with van der Waals surface area (Å²) in [5.41, 5.74) is 1.70. The summed E-state index contributed by atoms with van der Waals surface area (Å²) < 4.78 is 10.8. The molecule has 1 amide bonds. The number of aryl methyl sites for hydroxylation is 1. The molecule has 1 N–H and O–H groups in total. The molecule has 28 heavy (non-hydrogen) atoms. The first kappa shape index (κ1) is 20.6. The van der Waals surface area contributed by atoms with E-state index in [4.69, 9.17) is 9.47 Å². The Hall–Kier alpha value is -2.16. The molecule has 2 aromatic rings. The lowest BCUT2D eigenvalue weighted by atomic mass is 10.1. The molecule has 0 aliphatic carbocycles. The van der Waals surface area contributed by atoms with E-state index in [0.29, 0.717) is 17.4 Å². The van der Waals surface area contributed by atoms with Crippen LogP contribution in [0.15, 0.2) is 18.2 Å². The zero-order valence-corrected chi connectivity index (χ0v) is 17.8. The predicted octanol–water partition coefficient (Wildman–Crippen LogP) is 2.71. The van der Waals surface area contributed by atoms with Crippen molar-refractivity contribution in [1.82, 2.24) is 14.8 Å². The molecule has 1 fully saturated rings. The Bertz CT molecular complexity index is 824. The van der Waals surface area contributed by atoms with Crippen molar-refractivity contribution >= 4 is 22.4 Å². The Morgan fingerprint density at radius 3 is 2.79 bits per heavy atom. The number of nitrogens with one attached hydrogen (secondary N) is 1. The van der Waals surface area contributed by atoms with E-state index in [0.717, 1.165) is 54.5 Å². The van der Waals surface area contributed by atoms with E-state index < -0.39 is 0 Å². The minimum atomic E-state index is -0.0217. The fraction of sp³-hybridized carbons (Fsp3) is 0.500. The van der Waals surface area contributed by atoms with E-state index in [2.05, 4.69) is 27.1 Å². The van der Waals surface area contributed by atoms with Crippen LogP contribution in [-0.2, 0) is 4.79 Å². The maximum absolute atomic E-state index is 12.5. The molecule has 1 aromatic heterocycles. The number of likely N-dealkylation sites (N-methyl/N-ethyl adjacent to an activating group) is 1. The van der Waals surface area contributed by atoms with Gasteiger partial charge in [0.25, 0.3) is 0 Å². The quantitative estimate of drug-likeness (QED) is 0.799. The molecule has 8 heteroatoms. The minimum Gasteiger partial charge on any atom is -0.497 e. The number of ether oxygens (including phenoxy) is 2. The van der Waals surface area contributed by atoms with Crippen molar-refractivity contribution in [3.8, 4) is 22.8 Å². The van der Waals surface area contributed by atoms with Crippen LogP contribution in [0.5, 0.6) is 11.5 Å². The molecule has 1 aromatic carbocycles. The van der Waals surface area contributed by atoms with E-state index >= 15 is 0 Å². The van der Waals surface area contributed by atoms with Crippen molar-refractivity contribution in [2.45, 2.75) is 13.3 Å². The standard InChI is InChI=1S/C20H28N4O3S/c1-14-19(16-7-6-15(26-3)12-17(16)27-4)22-20(28-14)21-18(25)13-24-9-5-8-23(2)10-11-24/h6-7,12H,5,8-11,13H2,1-4H3,(H,21,22,25). The average molecular weight is 405 g/mol. The number of carbonyl (C=O) groups is 1. The van der Waals surface area contributed by atoms with Crippen molar-refractivity contribution in [3.63, 3.8) is 0 Å². The van der Waals surface area contributed by atoms with Crippen molar-refractivity contribution in [2.24, 2.45) is 0 Å². The third-order valence-electron chi connectivity index (χ3n) is 4.89. The lowest BCUT2D eigenvalue weighted by Gasteiger charge is -2.18. The second-order valence-corrected chi connectivity index (χ2v) is 8.17. The highest BCUT2D eigenvalue weighted by Gasteiger charge is 2.18. The zero-order valence-electron chi connectivity index (χ0n) is 16.9. The summed E-state index contributed by atoms with van der Waals surface area (Å²) in [4.78, 5) is 22.7. The van der Waals surface area contributed by atoms with Crippen LogP contribution in [0.2, 0.25) is 0 Å². The monoisotopic (exact) mass is 404 g/mol. The number of thiazole rings is 1. The van der Waals surface area contributed by atoms with Crippen LogP contribution in [0.25, 0.3) is 11.3 Å². The van der Waals surface area contributed by atoms with Crippen LogP contribution < -0.4 is 14.8 Å². The molecule has 1 aliphatic rings. The fourth-order valence-corrected chi connectivity index (χ4v) is 4.16. The number of methoxy groups -OCH3 is 2. The second kappa shape index (κ2) is 9.36. The zero-order chi connectivity index (χ0) is 20.1. The predicted molar refractivity (Wildman–Crippen MR) is 113 cm³/mol. The Labute approximate surface area is 170 Å². The molecule has 0 radical (unpaired) electrons. The van der Waals surface area contributed by atoms with E-state index in [1.54, 1.807) is 14.2 Å². The van der Waals surface area contributed by atoms with Gasteiger partial charge in [0.2, 0.25) is 5.91 Å². The summed E-state index contributed by atoms with van der Waals surface area (Å²) in [6, 6.07) is 5.65. The largest absolute Gasteiger partial charge is 0.497 e. The van der Waals surface area contributed by atoms with Gasteiger partial charge in [0.1, 0.15) is 11.5 Å². The molecule has 2 heterocycles. The van der Waals surface area contributed by atoms with Gasteiger partial charge in [-0.25, -0.2) is 4.98 Å². The van der Waals surface area contributed by atoms with Crippen LogP contribution in [-0.4, -0.2) is 74.7 Å². The number of benzene rings is 1. The fourth-order valence-electron chi connectivity index (χ4n) is 3.31. The molecule has 7 nitrogen and oxygen atoms in total. The van der Waals surface area contributed by atoms with Crippen molar-refractivity contribution in [3.05, 3.63) is 23.1 Å². The van der Waals surface area contributed by atoms with Gasteiger partial charge in [-0.05, 0) is 45.6 Å². The molecular formula is C20H28N4O3S. The van der Waals surface area contributed by atoms with Crippen LogP contribution in [0.3, 0.4) is 0 Å². The molecule has 0 saturated carbocycles. The number of anilines is 1. The minimum absolute atomic E-state index is 0.0217. The molecule has 3 rings (SSSR count). The van der Waals surface area contributed by atoms with E-state index in [1.807, 2.05) is 25.1 Å². The Morgan fingerprint density at radius 1 is 1.21 bits per heavy atom. The summed E-state index contributed by atoms with van der Waals surface area (Å²) >= 11 is 1.48. The van der Waals surface area contributed by atoms with Gasteiger partial charge in [0.05, 0.1) is 26.5 Å². The molecule has 0 spiro atoms. The molecule has 1 aliphatic heterocycles. The van der Waals surface area contributed by atoms with Gasteiger partial charge in [0.15, 0.2) is 5.13 Å². The molecule has 1 saturated heterocycles. The SMILES string of the molecule is COc1ccc(-c2nc(NC(=O)CN3CCCN(C)CC3)sc2C)c(OC)c1. The first-order chi connectivity index (χ1) is 13.5. The Balaban J connectivity index is 1.69. The smallest absolute Gasteiger partial charge is 0.240 e. The van der Waals surface area contributed by atoms with E-state index in [9.17, 15) is 4.79 Å². The van der Waals surface area contributed by atoms with Gasteiger partial charge >= 0.3 is 0 Å². The highest BCUT2D eigenvalue weighted by atomic mass is 32.1. The first-order valence-corrected chi connectivity index (χ1v) is 10.2. The molecular weight excluding hydrogens is 376 g/mol. The normalized spacial score (nSPS) is 15.9. The lowest BCUT2D eigenvalue weighted by molar-refractivity contribution is -0.117. The summed E-state index contributed by atoms with van der Waals surface area (Å²) in [6.07, 6.45) is 1.08. The third kappa shape index (κ3) is 5.01. The number of nitrogens with zero attached hydrogens (tertiary/aromatic N) is 3. The number of hydrogen-bond acceptors (Lipinski definition) is 7. The van der Waals surface area contributed by atoms with E-state index in [-0.39, 0.29) is 5.91 Å². The van der Waals surface area contributed by atoms with Gasteiger partial charge in [-0.3, -0.25) is 9.69 Å². The average Bonchev–Trinajstić information content (AvgIpc) is 2.91. The number of amides is 1. The maximum atomic E-state index is 12.5. The van der Waals surface area contributed by atoms with Gasteiger partial charge < -0.3 is 19.7 Å². The number of carbonyl (C=O) groups excluding carboxylic acids is 1. The maximum Gasteiger partial charge on any atom is 0.240 e. The van der Waals surface area contributed by atoms with Crippen LogP contribution in [0.4, 0.5) is 5.13 Å². The number of hydrogen-bond donors (Lipinski definition) is 1. The van der Waals surface area contributed by atoms with Crippen molar-refractivity contribution in [2.75, 3.05) is 59.3 Å². The van der Waals surface area contributed by atoms with Gasteiger partial charge in [-0.15, -0.1) is 11.3 Å². The Kier molecular flexibility index (Phi) is 6.88. The summed E-state index contributed by atoms with van der Waals surface area (Å²) in [6.45, 7) is 6.32. The highest BCUT2D eigenvalue weighted by Crippen LogP contribution is 2.37. The van der Waals surface area contributed by atoms with Crippen molar-refractivity contribution in [1.29, 1.82) is 0 Å². The number of rotatable bonds is 6. The molecule has 152 valence electrons. The van der Waals surface area contributed by atoms with Crippen LogP contribution >= 0.6 is 11.3 Å². The lowest BCUT2D eigenvalue weighted by Crippen LogP contribution is -2.35. The highest BCUT2D eigenvalue weighted by molar-refractivity contribution is 7.16. The van der Waals surface area contributed by atoms with Gasteiger partial charge in [-0.2, -0.15) is 0 Å². The summed E-state index contributed by atoms with van der Waals surface area (Å²) in [5, 5.41) is 3.57. The Morgan fingerprint density at radius 2 is 2.04 bits per heavy atom. The van der Waals surface area contributed by atoms with Gasteiger partial charge in [-0.1, -0.05) is 0 Å². The first-order valence-electron chi connectivity index (χ1n) is 9.40. The van der Waals surface area contributed by atoms with Crippen molar-refractivity contribution < 1.29 is 14.3 Å². The second-order valence-electron chi connectivity index (χ2n) is 6.97. The molecule has 0 unspecified atom stereocenters. The summed E-state index contributed by atoms with van der Waals surface area (Å²) in [7, 11) is 5.37. The third-order valence-corrected chi connectivity index (χ3v) is 5.77. The topological polar surface area (TPSA) is 66.9 Å². The molecule has 0 atom stereocenters. The van der Waals surface area contributed by atoms with Crippen LogP contribution in [0, 0.1) is 6.92 Å². The molecule has 0 bridgehead atoms. The van der Waals surface area contributed by atoms with Crippen LogP contribution in [0.1, 0.15) is 11.3 Å². The number of aromatic nitrogens is 1.